The highest BCUT2D eigenvalue weighted by atomic mass is 79.9. The summed E-state index contributed by atoms with van der Waals surface area (Å²) in [5.41, 5.74) is -0.811. The van der Waals surface area contributed by atoms with Crippen LogP contribution in [0.15, 0.2) is 33.6 Å². The summed E-state index contributed by atoms with van der Waals surface area (Å²) in [7, 11) is -4.35. The van der Waals surface area contributed by atoms with E-state index in [1.54, 1.807) is 0 Å². The van der Waals surface area contributed by atoms with Crippen LogP contribution >= 0.6 is 15.9 Å². The number of carbonyl (C=O) groups is 1. The molecule has 2 aromatic carbocycles. The highest BCUT2D eigenvalue weighted by Crippen LogP contribution is 2.46. The van der Waals surface area contributed by atoms with Crippen LogP contribution in [0.4, 0.5) is 10.1 Å². The number of nitrogens with one attached hydrogen (secondary N) is 2. The van der Waals surface area contributed by atoms with Crippen molar-refractivity contribution in [1.82, 2.24) is 5.32 Å². The number of aromatic hydroxyl groups is 2. The van der Waals surface area contributed by atoms with Crippen LogP contribution in [0.1, 0.15) is 34.7 Å². The third-order valence-electron chi connectivity index (χ3n) is 4.94. The Kier molecular flexibility index (Phi) is 5.37. The number of hydrogen-bond acceptors (Lipinski definition) is 6. The van der Waals surface area contributed by atoms with E-state index in [0.717, 1.165) is 0 Å². The number of anilines is 1. The highest BCUT2D eigenvalue weighted by Gasteiger charge is 2.34. The van der Waals surface area contributed by atoms with Crippen LogP contribution in [0, 0.1) is 5.82 Å². The monoisotopic (exact) mass is 500 g/mol. The van der Waals surface area contributed by atoms with E-state index >= 15 is 4.39 Å². The maximum atomic E-state index is 15.0. The topological polar surface area (TPSA) is 125 Å². The smallest absolute Gasteiger partial charge is 0.265 e. The number of benzene rings is 2. The summed E-state index contributed by atoms with van der Waals surface area (Å²) >= 11 is 3.14. The van der Waals surface area contributed by atoms with E-state index in [2.05, 4.69) is 26.0 Å². The van der Waals surface area contributed by atoms with E-state index in [1.807, 2.05) is 0 Å². The van der Waals surface area contributed by atoms with Crippen molar-refractivity contribution in [3.63, 3.8) is 0 Å². The van der Waals surface area contributed by atoms with E-state index in [0.29, 0.717) is 17.3 Å². The molecule has 160 valence electrons. The number of carbonyl (C=O) groups excluding carboxylic acids is 1. The number of phenols is 2. The summed E-state index contributed by atoms with van der Waals surface area (Å²) < 4.78 is 48.2. The minimum absolute atomic E-state index is 0.152. The largest absolute Gasteiger partial charge is 0.507 e. The van der Waals surface area contributed by atoms with Crippen molar-refractivity contribution in [2.75, 3.05) is 17.9 Å². The molecule has 2 fully saturated rings. The zero-order valence-electron chi connectivity index (χ0n) is 15.5. The van der Waals surface area contributed by atoms with Crippen LogP contribution in [0.5, 0.6) is 11.5 Å². The van der Waals surface area contributed by atoms with Gasteiger partial charge < -0.3 is 20.3 Å². The summed E-state index contributed by atoms with van der Waals surface area (Å²) in [6.07, 6.45) is 1.38. The van der Waals surface area contributed by atoms with Crippen molar-refractivity contribution in [3.8, 4) is 11.5 Å². The van der Waals surface area contributed by atoms with Crippen LogP contribution < -0.4 is 10.0 Å². The third-order valence-corrected chi connectivity index (χ3v) is 6.83. The van der Waals surface area contributed by atoms with Gasteiger partial charge in [0.2, 0.25) is 0 Å². The second-order valence-corrected chi connectivity index (χ2v) is 9.82. The van der Waals surface area contributed by atoms with Gasteiger partial charge in [-0.25, -0.2) is 12.8 Å². The van der Waals surface area contributed by atoms with Gasteiger partial charge in [0.05, 0.1) is 24.9 Å². The van der Waals surface area contributed by atoms with Crippen molar-refractivity contribution in [2.24, 2.45) is 0 Å². The average Bonchev–Trinajstić information content (AvgIpc) is 3.47. The minimum Gasteiger partial charge on any atom is -0.507 e. The first-order chi connectivity index (χ1) is 14.2. The number of hydrogen-bond donors (Lipinski definition) is 4. The van der Waals surface area contributed by atoms with Gasteiger partial charge in [0.15, 0.2) is 5.75 Å². The van der Waals surface area contributed by atoms with Gasteiger partial charge in [0, 0.05) is 4.47 Å². The molecule has 0 spiro atoms. The predicted octanol–water partition coefficient (Wildman–Crippen LogP) is 2.81. The van der Waals surface area contributed by atoms with Crippen LogP contribution in [0.3, 0.4) is 0 Å². The average molecular weight is 501 g/mol. The maximum absolute atomic E-state index is 15.0. The van der Waals surface area contributed by atoms with Gasteiger partial charge >= 0.3 is 0 Å². The molecule has 0 unspecified atom stereocenters. The fraction of sp³-hybridized carbons (Fsp3) is 0.316. The number of sulfonamides is 1. The summed E-state index contributed by atoms with van der Waals surface area (Å²) in [4.78, 5) is 12.1. The lowest BCUT2D eigenvalue weighted by atomic mass is 10.0. The number of rotatable bonds is 6. The number of phenolic OH excluding ortho intramolecular Hbond substituents is 2. The third kappa shape index (κ3) is 3.96. The molecule has 0 aromatic heterocycles. The molecule has 1 aliphatic carbocycles. The fourth-order valence-electron chi connectivity index (χ4n) is 3.13. The van der Waals surface area contributed by atoms with Gasteiger partial charge in [0.25, 0.3) is 15.9 Å². The van der Waals surface area contributed by atoms with Gasteiger partial charge in [-0.1, -0.05) is 15.9 Å². The SMILES string of the molecule is O=C(NC1COC1)c1c(O)c(NS(=O)(=O)c2cc(Br)ccc2O)cc(C2CC2)c1F. The Hall–Kier alpha value is -2.37. The van der Waals surface area contributed by atoms with E-state index in [-0.39, 0.29) is 36.4 Å². The number of halogens is 2. The normalized spacial score (nSPS) is 16.7. The molecule has 1 heterocycles. The van der Waals surface area contributed by atoms with Gasteiger partial charge in [-0.2, -0.15) is 0 Å². The quantitative estimate of drug-likeness (QED) is 0.452. The molecule has 0 atom stereocenters. The zero-order valence-corrected chi connectivity index (χ0v) is 17.9. The van der Waals surface area contributed by atoms with E-state index in [9.17, 15) is 23.4 Å². The molecule has 2 aliphatic rings. The summed E-state index contributed by atoms with van der Waals surface area (Å²) in [5.74, 6) is -3.22. The Morgan fingerprint density at radius 2 is 1.90 bits per heavy atom. The lowest BCUT2D eigenvalue weighted by Gasteiger charge is -2.27. The molecule has 0 bridgehead atoms. The van der Waals surface area contributed by atoms with Crippen LogP contribution in [-0.4, -0.2) is 43.8 Å². The standard InChI is InChI=1S/C19H18BrFN2O6S/c20-10-3-4-14(24)15(5-10)30(27,28)23-13-6-12(9-1-2-9)17(21)16(18(13)25)19(26)22-11-7-29-8-11/h3-6,9,11,23-25H,1-2,7-8H2,(H,22,26). The predicted molar refractivity (Wildman–Crippen MR) is 109 cm³/mol. The highest BCUT2D eigenvalue weighted by molar-refractivity contribution is 9.10. The summed E-state index contributed by atoms with van der Waals surface area (Å²) in [6, 6.07) is 4.72. The van der Waals surface area contributed by atoms with Crippen molar-refractivity contribution in [3.05, 3.63) is 45.7 Å². The minimum atomic E-state index is -4.35. The molecule has 1 aliphatic heterocycles. The lowest BCUT2D eigenvalue weighted by Crippen LogP contribution is -2.48. The van der Waals surface area contributed by atoms with Crippen LogP contribution in [-0.2, 0) is 14.8 Å². The van der Waals surface area contributed by atoms with Gasteiger partial charge in [-0.05, 0) is 48.6 Å². The molecule has 8 nitrogen and oxygen atoms in total. The van der Waals surface area contributed by atoms with Crippen molar-refractivity contribution in [1.29, 1.82) is 0 Å². The van der Waals surface area contributed by atoms with E-state index in [1.165, 1.54) is 24.3 Å². The molecule has 1 amide bonds. The second kappa shape index (κ2) is 7.71. The number of ether oxygens (including phenoxy) is 1. The summed E-state index contributed by atoms with van der Waals surface area (Å²) in [5, 5.41) is 23.1. The molecule has 30 heavy (non-hydrogen) atoms. The molecule has 1 saturated heterocycles. The first-order valence-corrected chi connectivity index (χ1v) is 11.4. The lowest BCUT2D eigenvalue weighted by molar-refractivity contribution is -0.00357. The fourth-order valence-corrected chi connectivity index (χ4v) is 4.82. The molecule has 4 rings (SSSR count). The van der Waals surface area contributed by atoms with Gasteiger partial charge in [-0.3, -0.25) is 9.52 Å². The van der Waals surface area contributed by atoms with Crippen molar-refractivity contribution >= 4 is 37.5 Å². The zero-order chi connectivity index (χ0) is 21.6. The maximum Gasteiger partial charge on any atom is 0.265 e. The summed E-state index contributed by atoms with van der Waals surface area (Å²) in [6.45, 7) is 0.552. The van der Waals surface area contributed by atoms with E-state index in [4.69, 9.17) is 4.74 Å². The molecule has 2 aromatic rings. The molecular weight excluding hydrogens is 483 g/mol. The molecule has 4 N–H and O–H groups in total. The molecule has 11 heteroatoms. The Morgan fingerprint density at radius 3 is 2.50 bits per heavy atom. The Morgan fingerprint density at radius 1 is 1.20 bits per heavy atom. The molecular formula is C19H18BrFN2O6S. The Bertz CT molecular complexity index is 1130. The van der Waals surface area contributed by atoms with Crippen LogP contribution in [0.25, 0.3) is 0 Å². The van der Waals surface area contributed by atoms with Gasteiger partial charge in [-0.15, -0.1) is 0 Å². The van der Waals surface area contributed by atoms with Gasteiger partial charge in [0.1, 0.15) is 22.0 Å². The Balaban J connectivity index is 1.75. The second-order valence-electron chi connectivity index (χ2n) is 7.25. The van der Waals surface area contributed by atoms with Crippen LogP contribution in [0.2, 0.25) is 0 Å². The first-order valence-electron chi connectivity index (χ1n) is 9.12. The molecule has 1 saturated carbocycles. The molecule has 0 radical (unpaired) electrons. The Labute approximate surface area is 180 Å². The first kappa shape index (κ1) is 20.9. The number of amides is 1. The van der Waals surface area contributed by atoms with Crippen molar-refractivity contribution < 1.29 is 32.6 Å². The van der Waals surface area contributed by atoms with Crippen molar-refractivity contribution in [2.45, 2.75) is 29.7 Å². The van der Waals surface area contributed by atoms with E-state index < -0.39 is 43.7 Å².